The standard InChI is InChI=1S/C24H18O4/c25-23(27-17-15-19-7-3-1-4-8-19)21-11-13-22(14-12-21)24(26)28-18-16-20-9-5-2-6-10-20/h1-18H/b17-15+,18-16+. The Bertz CT molecular complexity index is 890. The molecule has 0 bridgehead atoms. The lowest BCUT2D eigenvalue weighted by atomic mass is 10.1. The molecule has 0 fully saturated rings. The highest BCUT2D eigenvalue weighted by Gasteiger charge is 2.09. The smallest absolute Gasteiger partial charge is 0.342 e. The van der Waals surface area contributed by atoms with Crippen LogP contribution in [0.2, 0.25) is 0 Å². The summed E-state index contributed by atoms with van der Waals surface area (Å²) in [5.74, 6) is -1.01. The van der Waals surface area contributed by atoms with E-state index in [4.69, 9.17) is 9.47 Å². The van der Waals surface area contributed by atoms with Gasteiger partial charge in [0.15, 0.2) is 0 Å². The molecule has 0 saturated heterocycles. The Morgan fingerprint density at radius 2 is 0.893 bits per heavy atom. The van der Waals surface area contributed by atoms with Crippen LogP contribution >= 0.6 is 0 Å². The quantitative estimate of drug-likeness (QED) is 0.434. The minimum atomic E-state index is -0.504. The van der Waals surface area contributed by atoms with Gasteiger partial charge in [-0.3, -0.25) is 0 Å². The highest BCUT2D eigenvalue weighted by molar-refractivity contribution is 5.93. The van der Waals surface area contributed by atoms with Crippen molar-refractivity contribution in [3.05, 3.63) is 120 Å². The summed E-state index contributed by atoms with van der Waals surface area (Å²) in [6.07, 6.45) is 6.08. The minimum absolute atomic E-state index is 0.342. The second-order valence-electron chi connectivity index (χ2n) is 5.81. The molecule has 0 unspecified atom stereocenters. The first kappa shape index (κ1) is 18.9. The third kappa shape index (κ3) is 5.54. The van der Waals surface area contributed by atoms with Gasteiger partial charge in [0.2, 0.25) is 0 Å². The van der Waals surface area contributed by atoms with Gasteiger partial charge in [-0.2, -0.15) is 0 Å². The van der Waals surface area contributed by atoms with Crippen molar-refractivity contribution >= 4 is 24.1 Å². The van der Waals surface area contributed by atoms with Crippen LogP contribution in [0.4, 0.5) is 0 Å². The molecule has 3 rings (SSSR count). The van der Waals surface area contributed by atoms with Crippen LogP contribution < -0.4 is 0 Å². The summed E-state index contributed by atoms with van der Waals surface area (Å²) < 4.78 is 10.2. The Hall–Kier alpha value is -3.92. The highest BCUT2D eigenvalue weighted by Crippen LogP contribution is 2.09. The molecular formula is C24H18O4. The van der Waals surface area contributed by atoms with Gasteiger partial charge in [0.1, 0.15) is 0 Å². The molecule has 0 aliphatic carbocycles. The van der Waals surface area contributed by atoms with E-state index in [2.05, 4.69) is 0 Å². The molecule has 3 aromatic rings. The molecule has 0 N–H and O–H groups in total. The lowest BCUT2D eigenvalue weighted by molar-refractivity contribution is 0.0651. The molecule has 28 heavy (non-hydrogen) atoms. The van der Waals surface area contributed by atoms with E-state index in [-0.39, 0.29) is 0 Å². The monoisotopic (exact) mass is 370 g/mol. The molecular weight excluding hydrogens is 352 g/mol. The maximum atomic E-state index is 12.0. The number of rotatable bonds is 6. The maximum Gasteiger partial charge on any atom is 0.342 e. The first-order valence-corrected chi connectivity index (χ1v) is 8.67. The molecule has 0 heterocycles. The third-order valence-corrected chi connectivity index (χ3v) is 3.83. The van der Waals surface area contributed by atoms with Gasteiger partial charge < -0.3 is 9.47 Å². The number of carbonyl (C=O) groups is 2. The van der Waals surface area contributed by atoms with E-state index < -0.39 is 11.9 Å². The van der Waals surface area contributed by atoms with Crippen LogP contribution in [0, 0.1) is 0 Å². The molecule has 4 heteroatoms. The van der Waals surface area contributed by atoms with Crippen LogP contribution in [0.25, 0.3) is 12.2 Å². The molecule has 0 saturated carbocycles. The summed E-state index contributed by atoms with van der Waals surface area (Å²) in [7, 11) is 0. The molecule has 0 radical (unpaired) electrons. The van der Waals surface area contributed by atoms with E-state index in [1.807, 2.05) is 60.7 Å². The van der Waals surface area contributed by atoms with Crippen LogP contribution in [0.15, 0.2) is 97.5 Å². The lowest BCUT2D eigenvalue weighted by Gasteiger charge is -2.02. The van der Waals surface area contributed by atoms with Crippen LogP contribution in [-0.4, -0.2) is 11.9 Å². The largest absolute Gasteiger partial charge is 0.431 e. The van der Waals surface area contributed by atoms with E-state index >= 15 is 0 Å². The Morgan fingerprint density at radius 3 is 1.25 bits per heavy atom. The molecule has 3 aromatic carbocycles. The Kier molecular flexibility index (Phi) is 6.53. The van der Waals surface area contributed by atoms with E-state index in [0.29, 0.717) is 11.1 Å². The number of carbonyl (C=O) groups excluding carboxylic acids is 2. The van der Waals surface area contributed by atoms with Crippen LogP contribution in [0.5, 0.6) is 0 Å². The number of hydrogen-bond donors (Lipinski definition) is 0. The summed E-state index contributed by atoms with van der Waals surface area (Å²) >= 11 is 0. The number of ether oxygens (including phenoxy) is 2. The zero-order chi connectivity index (χ0) is 19.6. The van der Waals surface area contributed by atoms with Crippen molar-refractivity contribution in [3.8, 4) is 0 Å². The summed E-state index contributed by atoms with van der Waals surface area (Å²) in [5, 5.41) is 0. The van der Waals surface area contributed by atoms with E-state index in [1.165, 1.54) is 36.8 Å². The van der Waals surface area contributed by atoms with Crippen molar-refractivity contribution in [3.63, 3.8) is 0 Å². The first-order chi connectivity index (χ1) is 13.7. The third-order valence-electron chi connectivity index (χ3n) is 3.83. The zero-order valence-electron chi connectivity index (χ0n) is 15.0. The molecule has 0 aliphatic heterocycles. The van der Waals surface area contributed by atoms with Gasteiger partial charge >= 0.3 is 11.9 Å². The maximum absolute atomic E-state index is 12.0. The van der Waals surface area contributed by atoms with Crippen molar-refractivity contribution in [1.82, 2.24) is 0 Å². The predicted octanol–water partition coefficient (Wildman–Crippen LogP) is 5.34. The van der Waals surface area contributed by atoms with Crippen molar-refractivity contribution < 1.29 is 19.1 Å². The van der Waals surface area contributed by atoms with Crippen molar-refractivity contribution in [1.29, 1.82) is 0 Å². The van der Waals surface area contributed by atoms with E-state index in [9.17, 15) is 9.59 Å². The lowest BCUT2D eigenvalue weighted by Crippen LogP contribution is -2.04. The second kappa shape index (κ2) is 9.69. The first-order valence-electron chi connectivity index (χ1n) is 8.67. The normalized spacial score (nSPS) is 10.9. The van der Waals surface area contributed by atoms with Crippen molar-refractivity contribution in [2.45, 2.75) is 0 Å². The van der Waals surface area contributed by atoms with Crippen molar-refractivity contribution in [2.75, 3.05) is 0 Å². The van der Waals surface area contributed by atoms with E-state index in [0.717, 1.165) is 11.1 Å². The van der Waals surface area contributed by atoms with Gasteiger partial charge in [-0.1, -0.05) is 60.7 Å². The van der Waals surface area contributed by atoms with Gasteiger partial charge in [-0.15, -0.1) is 0 Å². The van der Waals surface area contributed by atoms with Crippen LogP contribution in [0.1, 0.15) is 31.8 Å². The fourth-order valence-corrected chi connectivity index (χ4v) is 2.36. The topological polar surface area (TPSA) is 52.6 Å². The number of benzene rings is 3. The molecule has 0 aromatic heterocycles. The van der Waals surface area contributed by atoms with Crippen LogP contribution in [0.3, 0.4) is 0 Å². The number of esters is 2. The zero-order valence-corrected chi connectivity index (χ0v) is 15.0. The highest BCUT2D eigenvalue weighted by atomic mass is 16.5. The summed E-state index contributed by atoms with van der Waals surface area (Å²) in [4.78, 5) is 24.1. The van der Waals surface area contributed by atoms with Gasteiger partial charge in [-0.25, -0.2) is 9.59 Å². The van der Waals surface area contributed by atoms with Gasteiger partial charge in [-0.05, 0) is 47.5 Å². The Labute approximate surface area is 163 Å². The van der Waals surface area contributed by atoms with E-state index in [1.54, 1.807) is 12.2 Å². The van der Waals surface area contributed by atoms with Crippen molar-refractivity contribution in [2.24, 2.45) is 0 Å². The van der Waals surface area contributed by atoms with Gasteiger partial charge in [0.25, 0.3) is 0 Å². The average molecular weight is 370 g/mol. The Morgan fingerprint density at radius 1 is 0.536 bits per heavy atom. The minimum Gasteiger partial charge on any atom is -0.431 e. The fourth-order valence-electron chi connectivity index (χ4n) is 2.36. The summed E-state index contributed by atoms with van der Waals surface area (Å²) in [6, 6.07) is 25.1. The molecule has 4 nitrogen and oxygen atoms in total. The fraction of sp³-hybridized carbons (Fsp3) is 0. The average Bonchev–Trinajstić information content (AvgIpc) is 2.75. The van der Waals surface area contributed by atoms with Crippen LogP contribution in [-0.2, 0) is 9.47 Å². The SMILES string of the molecule is O=C(O/C=C/c1ccccc1)c1ccc(C(=O)O/C=C/c2ccccc2)cc1. The molecule has 138 valence electrons. The summed E-state index contributed by atoms with van der Waals surface area (Å²) in [6.45, 7) is 0. The Balaban J connectivity index is 1.53. The second-order valence-corrected chi connectivity index (χ2v) is 5.81. The molecule has 0 amide bonds. The number of hydrogen-bond acceptors (Lipinski definition) is 4. The summed E-state index contributed by atoms with van der Waals surface area (Å²) in [5.41, 5.74) is 2.54. The molecule has 0 atom stereocenters. The molecule has 0 spiro atoms. The van der Waals surface area contributed by atoms with Gasteiger partial charge in [0, 0.05) is 0 Å². The molecule has 0 aliphatic rings. The van der Waals surface area contributed by atoms with Gasteiger partial charge in [0.05, 0.1) is 23.7 Å². The predicted molar refractivity (Wildman–Crippen MR) is 108 cm³/mol.